The number of hydrogen-bond acceptors (Lipinski definition) is 3. The third kappa shape index (κ3) is 3.51. The Morgan fingerprint density at radius 3 is 2.35 bits per heavy atom. The van der Waals surface area contributed by atoms with Crippen molar-refractivity contribution in [2.75, 3.05) is 0 Å². The molecule has 1 N–H and O–H groups in total. The molecule has 0 spiro atoms. The second-order valence-electron chi connectivity index (χ2n) is 7.78. The fourth-order valence-corrected chi connectivity index (χ4v) is 4.95. The van der Waals surface area contributed by atoms with Crippen molar-refractivity contribution in [1.82, 2.24) is 9.97 Å². The number of nitrogens with one attached hydrogen (secondary N) is 1. The van der Waals surface area contributed by atoms with Gasteiger partial charge in [0.05, 0.1) is 21.4 Å². The molecule has 0 atom stereocenters. The quantitative estimate of drug-likeness (QED) is 0.848. The molecule has 1 aliphatic carbocycles. The van der Waals surface area contributed by atoms with Gasteiger partial charge in [-0.05, 0) is 31.0 Å². The van der Waals surface area contributed by atoms with E-state index in [2.05, 4.69) is 9.97 Å². The summed E-state index contributed by atoms with van der Waals surface area (Å²) >= 11 is 0. The lowest BCUT2D eigenvalue weighted by atomic mass is 9.82. The number of H-pyrrole nitrogens is 1. The Morgan fingerprint density at radius 2 is 1.81 bits per heavy atom. The number of sulfone groups is 1. The summed E-state index contributed by atoms with van der Waals surface area (Å²) in [5, 5.41) is -0.675. The van der Waals surface area contributed by atoms with Gasteiger partial charge in [-0.1, -0.05) is 26.8 Å². The van der Waals surface area contributed by atoms with E-state index in [0.717, 1.165) is 29.7 Å². The van der Waals surface area contributed by atoms with Gasteiger partial charge in [-0.15, -0.1) is 0 Å². The van der Waals surface area contributed by atoms with Crippen molar-refractivity contribution < 1.29 is 21.6 Å². The van der Waals surface area contributed by atoms with E-state index in [0.29, 0.717) is 12.8 Å². The van der Waals surface area contributed by atoms with Gasteiger partial charge in [-0.25, -0.2) is 13.4 Å². The van der Waals surface area contributed by atoms with Crippen molar-refractivity contribution >= 4 is 9.84 Å². The minimum atomic E-state index is -4.56. The fraction of sp³-hybridized carbons (Fsp3) is 0.500. The van der Waals surface area contributed by atoms with Crippen LogP contribution in [0.15, 0.2) is 35.4 Å². The predicted octanol–water partition coefficient (Wildman–Crippen LogP) is 4.45. The van der Waals surface area contributed by atoms with Crippen molar-refractivity contribution in [3.63, 3.8) is 0 Å². The van der Waals surface area contributed by atoms with Crippen LogP contribution in [0.5, 0.6) is 0 Å². The average molecular weight is 386 g/mol. The maximum absolute atomic E-state index is 12.8. The molecule has 0 radical (unpaired) electrons. The molecular formula is C18H21F3N2O2S. The Bertz CT molecular complexity index is 905. The van der Waals surface area contributed by atoms with Crippen LogP contribution in [-0.2, 0) is 21.4 Å². The van der Waals surface area contributed by atoms with E-state index in [1.54, 1.807) is 6.20 Å². The Hall–Kier alpha value is -1.83. The molecule has 1 saturated carbocycles. The molecule has 142 valence electrons. The number of hydrogen-bond donors (Lipinski definition) is 1. The zero-order chi connectivity index (χ0) is 19.3. The highest BCUT2D eigenvalue weighted by Crippen LogP contribution is 2.43. The van der Waals surface area contributed by atoms with Gasteiger partial charge < -0.3 is 4.98 Å². The summed E-state index contributed by atoms with van der Waals surface area (Å²) in [7, 11) is -3.79. The lowest BCUT2D eigenvalue weighted by molar-refractivity contribution is -0.137. The fourth-order valence-electron chi connectivity index (χ4n) is 3.03. The molecule has 0 bridgehead atoms. The van der Waals surface area contributed by atoms with Crippen LogP contribution in [-0.4, -0.2) is 23.6 Å². The van der Waals surface area contributed by atoms with E-state index in [1.165, 1.54) is 6.07 Å². The standard InChI is InChI=1S/C18H21F3N2O2S/c1-17(2,3)16-22-10-15(23-16)11-7-14(8-11)26(24,25)13-6-4-5-12(9-13)18(19,20)21/h4-6,9-11,14H,7-8H2,1-3H3,(H,22,23)/t11-,14+. The molecular weight excluding hydrogens is 365 g/mol. The Labute approximate surface area is 150 Å². The second-order valence-corrected chi connectivity index (χ2v) is 10.0. The van der Waals surface area contributed by atoms with Crippen molar-refractivity contribution in [2.24, 2.45) is 0 Å². The molecule has 8 heteroatoms. The predicted molar refractivity (Wildman–Crippen MR) is 91.7 cm³/mol. The van der Waals surface area contributed by atoms with E-state index < -0.39 is 26.8 Å². The summed E-state index contributed by atoms with van der Waals surface area (Å²) in [6.45, 7) is 6.08. The summed E-state index contributed by atoms with van der Waals surface area (Å²) in [6, 6.07) is 3.95. The molecule has 1 aromatic heterocycles. The highest BCUT2D eigenvalue weighted by Gasteiger charge is 2.42. The lowest BCUT2D eigenvalue weighted by Crippen LogP contribution is -2.35. The topological polar surface area (TPSA) is 62.8 Å². The van der Waals surface area contributed by atoms with Gasteiger partial charge >= 0.3 is 6.18 Å². The summed E-state index contributed by atoms with van der Waals surface area (Å²) in [4.78, 5) is 7.39. The third-order valence-electron chi connectivity index (χ3n) is 4.75. The molecule has 3 rings (SSSR count). The summed E-state index contributed by atoms with van der Waals surface area (Å²) in [6.07, 6.45) is -2.04. The van der Waals surface area contributed by atoms with Crippen molar-refractivity contribution in [2.45, 2.75) is 61.3 Å². The lowest BCUT2D eigenvalue weighted by Gasteiger charge is -2.33. The van der Waals surface area contributed by atoms with E-state index in [1.807, 2.05) is 20.8 Å². The molecule has 1 aliphatic rings. The molecule has 1 fully saturated rings. The molecule has 1 aromatic carbocycles. The number of aromatic amines is 1. The number of halogens is 3. The summed E-state index contributed by atoms with van der Waals surface area (Å²) in [5.74, 6) is 0.838. The van der Waals surface area contributed by atoms with Crippen molar-refractivity contribution in [3.05, 3.63) is 47.5 Å². The molecule has 0 aliphatic heterocycles. The highest BCUT2D eigenvalue weighted by molar-refractivity contribution is 7.92. The van der Waals surface area contributed by atoms with Crippen LogP contribution >= 0.6 is 0 Å². The van der Waals surface area contributed by atoms with Gasteiger partial charge in [-0.3, -0.25) is 0 Å². The number of benzene rings is 1. The van der Waals surface area contributed by atoms with Crippen LogP contribution in [0.1, 0.15) is 56.6 Å². The Balaban J connectivity index is 1.75. The van der Waals surface area contributed by atoms with Crippen LogP contribution < -0.4 is 0 Å². The van der Waals surface area contributed by atoms with E-state index in [4.69, 9.17) is 0 Å². The molecule has 0 saturated heterocycles. The average Bonchev–Trinajstić information content (AvgIpc) is 2.94. The molecule has 4 nitrogen and oxygen atoms in total. The number of alkyl halides is 3. The smallest absolute Gasteiger partial charge is 0.348 e. The summed E-state index contributed by atoms with van der Waals surface area (Å²) < 4.78 is 63.8. The van der Waals surface area contributed by atoms with Gasteiger partial charge in [0.1, 0.15) is 5.82 Å². The zero-order valence-electron chi connectivity index (χ0n) is 14.8. The first-order valence-corrected chi connectivity index (χ1v) is 9.90. The van der Waals surface area contributed by atoms with Crippen LogP contribution in [0, 0.1) is 0 Å². The molecule has 1 heterocycles. The van der Waals surface area contributed by atoms with E-state index in [-0.39, 0.29) is 16.2 Å². The SMILES string of the molecule is CC(C)(C)c1nc([C@H]2C[C@@H](S(=O)(=O)c3cccc(C(F)(F)F)c3)C2)c[nH]1. The van der Waals surface area contributed by atoms with E-state index in [9.17, 15) is 21.6 Å². The molecule has 0 unspecified atom stereocenters. The maximum atomic E-state index is 12.8. The Morgan fingerprint density at radius 1 is 1.15 bits per heavy atom. The first kappa shape index (κ1) is 18.9. The normalized spacial score (nSPS) is 21.5. The largest absolute Gasteiger partial charge is 0.416 e. The third-order valence-corrected chi connectivity index (χ3v) is 6.92. The maximum Gasteiger partial charge on any atom is 0.416 e. The monoisotopic (exact) mass is 386 g/mol. The second kappa shape index (κ2) is 6.11. The molecule has 2 aromatic rings. The van der Waals surface area contributed by atoms with Crippen LogP contribution in [0.2, 0.25) is 0 Å². The molecule has 26 heavy (non-hydrogen) atoms. The van der Waals surface area contributed by atoms with Crippen molar-refractivity contribution in [1.29, 1.82) is 0 Å². The first-order chi connectivity index (χ1) is 11.9. The summed E-state index contributed by atoms with van der Waals surface area (Å²) in [5.41, 5.74) is -0.270. The van der Waals surface area contributed by atoms with Crippen LogP contribution in [0.3, 0.4) is 0 Å². The highest BCUT2D eigenvalue weighted by atomic mass is 32.2. The zero-order valence-corrected chi connectivity index (χ0v) is 15.6. The van der Waals surface area contributed by atoms with Gasteiger partial charge in [0.15, 0.2) is 9.84 Å². The first-order valence-electron chi connectivity index (χ1n) is 8.36. The minimum Gasteiger partial charge on any atom is -0.348 e. The van der Waals surface area contributed by atoms with Crippen molar-refractivity contribution in [3.8, 4) is 0 Å². The van der Waals surface area contributed by atoms with Gasteiger partial charge in [0, 0.05) is 17.5 Å². The number of rotatable bonds is 3. The number of nitrogens with zero attached hydrogens (tertiary/aromatic N) is 1. The van der Waals surface area contributed by atoms with Gasteiger partial charge in [-0.2, -0.15) is 13.2 Å². The van der Waals surface area contributed by atoms with Gasteiger partial charge in [0.25, 0.3) is 0 Å². The molecule has 0 amide bonds. The number of aromatic nitrogens is 2. The van der Waals surface area contributed by atoms with Crippen LogP contribution in [0.25, 0.3) is 0 Å². The van der Waals surface area contributed by atoms with E-state index >= 15 is 0 Å². The van der Waals surface area contributed by atoms with Gasteiger partial charge in [0.2, 0.25) is 0 Å². The van der Waals surface area contributed by atoms with Crippen LogP contribution in [0.4, 0.5) is 13.2 Å². The minimum absolute atomic E-state index is 0.00734. The Kier molecular flexibility index (Phi) is 4.45. The number of imidazole rings is 1.